The second-order valence-electron chi connectivity index (χ2n) is 4.26. The van der Waals surface area contributed by atoms with Gasteiger partial charge in [-0.1, -0.05) is 6.92 Å². The molecule has 0 fully saturated rings. The third kappa shape index (κ3) is 4.13. The number of nitrogens with zero attached hydrogens (tertiary/aromatic N) is 3. The van der Waals surface area contributed by atoms with Gasteiger partial charge in [0.1, 0.15) is 11.5 Å². The molecule has 7 heteroatoms. The molecule has 0 unspecified atom stereocenters. The first-order valence-electron chi connectivity index (χ1n) is 6.60. The van der Waals surface area contributed by atoms with Crippen LogP contribution < -0.4 is 15.4 Å². The van der Waals surface area contributed by atoms with Crippen molar-refractivity contribution in [1.29, 1.82) is 0 Å². The summed E-state index contributed by atoms with van der Waals surface area (Å²) in [6, 6.07) is 3.37. The fraction of sp³-hybridized carbons (Fsp3) is 0.286. The van der Waals surface area contributed by atoms with Crippen molar-refractivity contribution in [3.05, 3.63) is 36.4 Å². The quantitative estimate of drug-likeness (QED) is 0.844. The normalized spacial score (nSPS) is 10.0. The van der Waals surface area contributed by atoms with Crippen LogP contribution in [0.25, 0.3) is 0 Å². The average Bonchev–Trinajstić information content (AvgIpc) is 2.54. The molecule has 0 spiro atoms. The summed E-state index contributed by atoms with van der Waals surface area (Å²) in [5, 5.41) is 5.79. The van der Waals surface area contributed by atoms with Crippen molar-refractivity contribution >= 4 is 17.4 Å². The van der Waals surface area contributed by atoms with Gasteiger partial charge in [0.25, 0.3) is 5.91 Å². The van der Waals surface area contributed by atoms with E-state index in [2.05, 4.69) is 25.6 Å². The Balaban J connectivity index is 2.05. The summed E-state index contributed by atoms with van der Waals surface area (Å²) in [6.07, 6.45) is 5.49. The lowest BCUT2D eigenvalue weighted by Crippen LogP contribution is -2.15. The van der Waals surface area contributed by atoms with E-state index in [4.69, 9.17) is 4.74 Å². The van der Waals surface area contributed by atoms with E-state index in [1.807, 2.05) is 6.92 Å². The molecule has 0 aliphatic rings. The molecule has 0 aromatic carbocycles. The van der Waals surface area contributed by atoms with Crippen LogP contribution in [0.3, 0.4) is 0 Å². The molecular formula is C14H17N5O2. The summed E-state index contributed by atoms with van der Waals surface area (Å²) in [4.78, 5) is 24.3. The highest BCUT2D eigenvalue weighted by molar-refractivity contribution is 6.02. The molecule has 0 saturated carbocycles. The maximum atomic E-state index is 12.1. The predicted molar refractivity (Wildman–Crippen MR) is 79.6 cm³/mol. The summed E-state index contributed by atoms with van der Waals surface area (Å²) < 4.78 is 4.96. The number of hydrogen-bond acceptors (Lipinski definition) is 6. The third-order valence-corrected chi connectivity index (χ3v) is 2.63. The van der Waals surface area contributed by atoms with E-state index in [1.165, 1.54) is 19.5 Å². The zero-order valence-corrected chi connectivity index (χ0v) is 12.0. The smallest absolute Gasteiger partial charge is 0.275 e. The van der Waals surface area contributed by atoms with Crippen LogP contribution in [0.1, 0.15) is 23.8 Å². The maximum Gasteiger partial charge on any atom is 0.275 e. The summed E-state index contributed by atoms with van der Waals surface area (Å²) in [7, 11) is 1.53. The molecule has 1 amide bonds. The Morgan fingerprint density at radius 2 is 2.14 bits per heavy atom. The SMILES string of the molecule is CCCNc1cncc(C(=O)Nc2ccc(OC)nc2)n1. The van der Waals surface area contributed by atoms with E-state index in [-0.39, 0.29) is 11.6 Å². The Bertz CT molecular complexity index is 601. The molecule has 0 saturated heterocycles. The van der Waals surface area contributed by atoms with Crippen molar-refractivity contribution in [3.63, 3.8) is 0 Å². The van der Waals surface area contributed by atoms with Gasteiger partial charge in [-0.25, -0.2) is 9.97 Å². The third-order valence-electron chi connectivity index (χ3n) is 2.63. The van der Waals surface area contributed by atoms with E-state index in [9.17, 15) is 4.79 Å². The van der Waals surface area contributed by atoms with Gasteiger partial charge in [-0.05, 0) is 12.5 Å². The molecule has 2 aromatic rings. The maximum absolute atomic E-state index is 12.1. The van der Waals surface area contributed by atoms with Gasteiger partial charge in [0.2, 0.25) is 5.88 Å². The average molecular weight is 287 g/mol. The van der Waals surface area contributed by atoms with E-state index >= 15 is 0 Å². The topological polar surface area (TPSA) is 89.0 Å². The fourth-order valence-corrected chi connectivity index (χ4v) is 1.58. The molecule has 0 bridgehead atoms. The number of carbonyl (C=O) groups is 1. The number of pyridine rings is 1. The first-order chi connectivity index (χ1) is 10.2. The highest BCUT2D eigenvalue weighted by Crippen LogP contribution is 2.12. The highest BCUT2D eigenvalue weighted by Gasteiger charge is 2.09. The minimum Gasteiger partial charge on any atom is -0.481 e. The lowest BCUT2D eigenvalue weighted by atomic mass is 10.3. The van der Waals surface area contributed by atoms with Crippen LogP contribution in [-0.2, 0) is 0 Å². The van der Waals surface area contributed by atoms with Crippen LogP contribution in [0, 0.1) is 0 Å². The van der Waals surface area contributed by atoms with Crippen LogP contribution in [0.4, 0.5) is 11.5 Å². The number of aromatic nitrogens is 3. The second kappa shape index (κ2) is 7.18. The molecule has 2 aromatic heterocycles. The Morgan fingerprint density at radius 1 is 1.29 bits per heavy atom. The van der Waals surface area contributed by atoms with Crippen molar-refractivity contribution in [2.45, 2.75) is 13.3 Å². The summed E-state index contributed by atoms with van der Waals surface area (Å²) in [5.41, 5.74) is 0.807. The zero-order chi connectivity index (χ0) is 15.1. The first-order valence-corrected chi connectivity index (χ1v) is 6.60. The van der Waals surface area contributed by atoms with Gasteiger partial charge in [0, 0.05) is 12.6 Å². The molecule has 110 valence electrons. The highest BCUT2D eigenvalue weighted by atomic mass is 16.5. The summed E-state index contributed by atoms with van der Waals surface area (Å²) >= 11 is 0. The van der Waals surface area contributed by atoms with E-state index < -0.39 is 0 Å². The number of nitrogens with one attached hydrogen (secondary N) is 2. The zero-order valence-electron chi connectivity index (χ0n) is 12.0. The first kappa shape index (κ1) is 14.7. The molecule has 21 heavy (non-hydrogen) atoms. The van der Waals surface area contributed by atoms with Gasteiger partial charge < -0.3 is 15.4 Å². The van der Waals surface area contributed by atoms with Crippen molar-refractivity contribution in [2.24, 2.45) is 0 Å². The number of ether oxygens (including phenoxy) is 1. The number of hydrogen-bond donors (Lipinski definition) is 2. The van der Waals surface area contributed by atoms with Crippen molar-refractivity contribution in [2.75, 3.05) is 24.3 Å². The molecule has 0 aliphatic heterocycles. The van der Waals surface area contributed by atoms with E-state index in [0.29, 0.717) is 17.4 Å². The van der Waals surface area contributed by atoms with Gasteiger partial charge in [-0.2, -0.15) is 0 Å². The van der Waals surface area contributed by atoms with Crippen molar-refractivity contribution in [1.82, 2.24) is 15.0 Å². The monoisotopic (exact) mass is 287 g/mol. The van der Waals surface area contributed by atoms with Crippen LogP contribution in [0.2, 0.25) is 0 Å². The minimum atomic E-state index is -0.338. The minimum absolute atomic E-state index is 0.243. The number of methoxy groups -OCH3 is 1. The van der Waals surface area contributed by atoms with Crippen LogP contribution in [0.15, 0.2) is 30.7 Å². The van der Waals surface area contributed by atoms with E-state index in [0.717, 1.165) is 13.0 Å². The van der Waals surface area contributed by atoms with Gasteiger partial charge in [0.15, 0.2) is 0 Å². The number of amides is 1. The Hall–Kier alpha value is -2.70. The predicted octanol–water partition coefficient (Wildman–Crippen LogP) is 1.95. The second-order valence-corrected chi connectivity index (χ2v) is 4.26. The summed E-state index contributed by atoms with van der Waals surface area (Å²) in [6.45, 7) is 2.83. The fourth-order valence-electron chi connectivity index (χ4n) is 1.58. The molecule has 0 radical (unpaired) electrons. The lowest BCUT2D eigenvalue weighted by Gasteiger charge is -2.07. The molecule has 2 heterocycles. The molecular weight excluding hydrogens is 270 g/mol. The molecule has 2 rings (SSSR count). The van der Waals surface area contributed by atoms with Crippen molar-refractivity contribution < 1.29 is 9.53 Å². The lowest BCUT2D eigenvalue weighted by molar-refractivity contribution is 0.102. The van der Waals surface area contributed by atoms with Gasteiger partial charge in [-0.15, -0.1) is 0 Å². The molecule has 0 aliphatic carbocycles. The largest absolute Gasteiger partial charge is 0.481 e. The van der Waals surface area contributed by atoms with Crippen LogP contribution in [0.5, 0.6) is 5.88 Å². The van der Waals surface area contributed by atoms with Gasteiger partial charge >= 0.3 is 0 Å². The number of carbonyl (C=O) groups excluding carboxylic acids is 1. The Labute approximate surface area is 122 Å². The standard InChI is InChI=1S/C14H17N5O2/c1-3-6-16-12-9-15-8-11(19-12)14(20)18-10-4-5-13(21-2)17-7-10/h4-5,7-9H,3,6H2,1-2H3,(H,16,19)(H,18,20). The van der Waals surface area contributed by atoms with Crippen LogP contribution >= 0.6 is 0 Å². The van der Waals surface area contributed by atoms with Gasteiger partial charge in [0.05, 0.1) is 31.4 Å². The molecule has 7 nitrogen and oxygen atoms in total. The van der Waals surface area contributed by atoms with Crippen molar-refractivity contribution in [3.8, 4) is 5.88 Å². The van der Waals surface area contributed by atoms with Crippen LogP contribution in [-0.4, -0.2) is 34.5 Å². The Morgan fingerprint density at radius 3 is 2.81 bits per heavy atom. The molecule has 0 atom stereocenters. The Kier molecular flexibility index (Phi) is 5.03. The number of anilines is 2. The summed E-state index contributed by atoms with van der Waals surface area (Å²) in [5.74, 6) is 0.727. The molecule has 2 N–H and O–H groups in total. The van der Waals surface area contributed by atoms with Gasteiger partial charge in [-0.3, -0.25) is 9.78 Å². The van der Waals surface area contributed by atoms with E-state index in [1.54, 1.807) is 18.3 Å². The number of rotatable bonds is 6.